The molecule has 2 rings (SSSR count). The molecule has 4 nitrogen and oxygen atoms in total. The van der Waals surface area contributed by atoms with Gasteiger partial charge in [-0.25, -0.2) is 0 Å². The van der Waals surface area contributed by atoms with Crippen LogP contribution in [0.5, 0.6) is 5.75 Å². The molecule has 2 unspecified atom stereocenters. The summed E-state index contributed by atoms with van der Waals surface area (Å²) in [5, 5.41) is 0. The van der Waals surface area contributed by atoms with Gasteiger partial charge in [0.25, 0.3) is 5.91 Å². The number of rotatable bonds is 3. The average Bonchev–Trinajstić information content (AvgIpc) is 2.40. The van der Waals surface area contributed by atoms with Gasteiger partial charge >= 0.3 is 0 Å². The molecule has 1 aromatic carbocycles. The summed E-state index contributed by atoms with van der Waals surface area (Å²) in [6.07, 6.45) is 0.0968. The van der Waals surface area contributed by atoms with E-state index in [2.05, 4.69) is 0 Å². The molecule has 1 aliphatic heterocycles. The third-order valence-electron chi connectivity index (χ3n) is 3.31. The van der Waals surface area contributed by atoms with Gasteiger partial charge in [-0.1, -0.05) is 17.7 Å². The summed E-state index contributed by atoms with van der Waals surface area (Å²) in [5.41, 5.74) is 1.18. The van der Waals surface area contributed by atoms with Gasteiger partial charge in [0, 0.05) is 6.54 Å². The molecule has 104 valence electrons. The second kappa shape index (κ2) is 6.06. The number of ether oxygens (including phenoxy) is 2. The van der Waals surface area contributed by atoms with Crippen molar-refractivity contribution in [3.05, 3.63) is 29.8 Å². The number of hydrogen-bond acceptors (Lipinski definition) is 3. The Morgan fingerprint density at radius 2 is 2.05 bits per heavy atom. The third kappa shape index (κ3) is 3.70. The third-order valence-corrected chi connectivity index (χ3v) is 3.31. The normalized spacial score (nSPS) is 23.2. The van der Waals surface area contributed by atoms with Crippen LogP contribution in [0, 0.1) is 6.92 Å². The molecule has 0 bridgehead atoms. The molecule has 0 radical (unpaired) electrons. The van der Waals surface area contributed by atoms with Crippen molar-refractivity contribution in [2.24, 2.45) is 0 Å². The van der Waals surface area contributed by atoms with Crippen molar-refractivity contribution in [1.82, 2.24) is 4.90 Å². The first-order chi connectivity index (χ1) is 9.06. The van der Waals surface area contributed by atoms with E-state index in [-0.39, 0.29) is 24.7 Å². The number of aryl methyl sites for hydroxylation is 1. The summed E-state index contributed by atoms with van der Waals surface area (Å²) in [4.78, 5) is 14.0. The minimum Gasteiger partial charge on any atom is -0.484 e. The van der Waals surface area contributed by atoms with Crippen LogP contribution >= 0.6 is 0 Å². The predicted octanol–water partition coefficient (Wildman–Crippen LogP) is 2.01. The van der Waals surface area contributed by atoms with E-state index in [9.17, 15) is 4.79 Å². The highest BCUT2D eigenvalue weighted by Crippen LogP contribution is 2.14. The fourth-order valence-electron chi connectivity index (χ4n) is 2.11. The summed E-state index contributed by atoms with van der Waals surface area (Å²) in [7, 11) is 0. The molecule has 1 aliphatic rings. The molecule has 1 fully saturated rings. The molecule has 1 aromatic rings. The van der Waals surface area contributed by atoms with Crippen molar-refractivity contribution in [2.45, 2.75) is 32.9 Å². The highest BCUT2D eigenvalue weighted by atomic mass is 16.5. The minimum absolute atomic E-state index is 0.0169. The Morgan fingerprint density at radius 1 is 1.37 bits per heavy atom. The van der Waals surface area contributed by atoms with Crippen LogP contribution in [0.25, 0.3) is 0 Å². The van der Waals surface area contributed by atoms with E-state index >= 15 is 0 Å². The lowest BCUT2D eigenvalue weighted by Gasteiger charge is -2.36. The lowest BCUT2D eigenvalue weighted by Crippen LogP contribution is -2.51. The molecule has 4 heteroatoms. The van der Waals surface area contributed by atoms with E-state index in [0.29, 0.717) is 13.2 Å². The number of amides is 1. The zero-order valence-corrected chi connectivity index (χ0v) is 11.8. The molecule has 0 spiro atoms. The van der Waals surface area contributed by atoms with E-state index < -0.39 is 0 Å². The number of carbonyl (C=O) groups is 1. The van der Waals surface area contributed by atoms with Crippen LogP contribution in [0.1, 0.15) is 19.4 Å². The highest BCUT2D eigenvalue weighted by Gasteiger charge is 2.27. The fraction of sp³-hybridized carbons (Fsp3) is 0.533. The monoisotopic (exact) mass is 263 g/mol. The van der Waals surface area contributed by atoms with Crippen LogP contribution < -0.4 is 4.74 Å². The van der Waals surface area contributed by atoms with Gasteiger partial charge in [-0.2, -0.15) is 0 Å². The summed E-state index contributed by atoms with van der Waals surface area (Å²) >= 11 is 0. The van der Waals surface area contributed by atoms with Crippen LogP contribution in [-0.2, 0) is 9.53 Å². The number of carbonyl (C=O) groups excluding carboxylic acids is 1. The predicted molar refractivity (Wildman–Crippen MR) is 73.3 cm³/mol. The molecule has 1 amide bonds. The van der Waals surface area contributed by atoms with Crippen LogP contribution in [0.4, 0.5) is 0 Å². The maximum absolute atomic E-state index is 12.1. The first-order valence-electron chi connectivity index (χ1n) is 6.67. The number of benzene rings is 1. The van der Waals surface area contributed by atoms with Gasteiger partial charge in [-0.3, -0.25) is 4.79 Å². The molecule has 0 aromatic heterocycles. The molecule has 0 aliphatic carbocycles. The van der Waals surface area contributed by atoms with Gasteiger partial charge in [0.15, 0.2) is 6.61 Å². The van der Waals surface area contributed by atoms with Crippen molar-refractivity contribution >= 4 is 5.91 Å². The van der Waals surface area contributed by atoms with Crippen LogP contribution in [0.3, 0.4) is 0 Å². The Kier molecular flexibility index (Phi) is 4.43. The smallest absolute Gasteiger partial charge is 0.260 e. The maximum atomic E-state index is 12.1. The van der Waals surface area contributed by atoms with Gasteiger partial charge in [0.05, 0.1) is 18.8 Å². The van der Waals surface area contributed by atoms with Gasteiger partial charge in [-0.05, 0) is 32.9 Å². The Morgan fingerprint density at radius 3 is 2.74 bits per heavy atom. The zero-order chi connectivity index (χ0) is 13.8. The lowest BCUT2D eigenvalue weighted by atomic mass is 10.2. The van der Waals surface area contributed by atoms with Crippen molar-refractivity contribution in [3.63, 3.8) is 0 Å². The van der Waals surface area contributed by atoms with Crippen LogP contribution in [0.15, 0.2) is 24.3 Å². The van der Waals surface area contributed by atoms with Crippen LogP contribution in [0.2, 0.25) is 0 Å². The maximum Gasteiger partial charge on any atom is 0.260 e. The van der Waals surface area contributed by atoms with E-state index in [1.165, 1.54) is 5.56 Å². The summed E-state index contributed by atoms with van der Waals surface area (Å²) in [6.45, 7) is 7.31. The first kappa shape index (κ1) is 13.9. The number of morpholine rings is 1. The Bertz CT molecular complexity index is 430. The van der Waals surface area contributed by atoms with Crippen LogP contribution in [-0.4, -0.2) is 42.7 Å². The molecule has 0 N–H and O–H groups in total. The topological polar surface area (TPSA) is 38.8 Å². The van der Waals surface area contributed by atoms with E-state index in [4.69, 9.17) is 9.47 Å². The number of nitrogens with zero attached hydrogens (tertiary/aromatic N) is 1. The molecular weight excluding hydrogens is 242 g/mol. The van der Waals surface area contributed by atoms with E-state index in [1.54, 1.807) is 0 Å². The molecular formula is C15H21NO3. The molecule has 1 saturated heterocycles. The Labute approximate surface area is 114 Å². The SMILES string of the molecule is Cc1ccc(OCC(=O)N2CC(C)OCC2C)cc1. The molecule has 2 atom stereocenters. The largest absolute Gasteiger partial charge is 0.484 e. The second-order valence-corrected chi connectivity index (χ2v) is 5.14. The Hall–Kier alpha value is -1.55. The van der Waals surface area contributed by atoms with Gasteiger partial charge < -0.3 is 14.4 Å². The summed E-state index contributed by atoms with van der Waals surface area (Å²) in [5.74, 6) is 0.746. The first-order valence-corrected chi connectivity index (χ1v) is 6.67. The molecule has 19 heavy (non-hydrogen) atoms. The number of hydrogen-bond donors (Lipinski definition) is 0. The van der Waals surface area contributed by atoms with Crippen molar-refractivity contribution in [3.8, 4) is 5.75 Å². The fourth-order valence-corrected chi connectivity index (χ4v) is 2.11. The van der Waals surface area contributed by atoms with E-state index in [0.717, 1.165) is 5.75 Å². The average molecular weight is 263 g/mol. The lowest BCUT2D eigenvalue weighted by molar-refractivity contribution is -0.145. The quantitative estimate of drug-likeness (QED) is 0.837. The summed E-state index contributed by atoms with van der Waals surface area (Å²) in [6, 6.07) is 7.82. The van der Waals surface area contributed by atoms with Crippen molar-refractivity contribution in [2.75, 3.05) is 19.8 Å². The van der Waals surface area contributed by atoms with Gasteiger partial charge in [-0.15, -0.1) is 0 Å². The standard InChI is InChI=1S/C15H21NO3/c1-11-4-6-14(7-5-11)19-10-15(17)16-8-13(3)18-9-12(16)2/h4-7,12-13H,8-10H2,1-3H3. The van der Waals surface area contributed by atoms with Crippen molar-refractivity contribution < 1.29 is 14.3 Å². The minimum atomic E-state index is 0.0169. The summed E-state index contributed by atoms with van der Waals surface area (Å²) < 4.78 is 11.0. The molecule has 1 heterocycles. The van der Waals surface area contributed by atoms with E-state index in [1.807, 2.05) is 49.9 Å². The highest BCUT2D eigenvalue weighted by molar-refractivity contribution is 5.78. The van der Waals surface area contributed by atoms with Gasteiger partial charge in [0.2, 0.25) is 0 Å². The molecule has 0 saturated carbocycles. The van der Waals surface area contributed by atoms with Gasteiger partial charge in [0.1, 0.15) is 5.75 Å². The Balaban J connectivity index is 1.88. The van der Waals surface area contributed by atoms with Crippen molar-refractivity contribution in [1.29, 1.82) is 0 Å². The zero-order valence-electron chi connectivity index (χ0n) is 11.8. The second-order valence-electron chi connectivity index (χ2n) is 5.14.